The predicted octanol–water partition coefficient (Wildman–Crippen LogP) is 2.24. The van der Waals surface area contributed by atoms with Gasteiger partial charge in [0.15, 0.2) is 0 Å². The number of aryl methyl sites for hydroxylation is 1. The van der Waals surface area contributed by atoms with Gasteiger partial charge < -0.3 is 19.7 Å². The maximum absolute atomic E-state index is 15.0. The molecular weight excluding hydrogens is 397 g/mol. The first-order valence-electron chi connectivity index (χ1n) is 10.5. The number of nitrogens with zero attached hydrogens (tertiary/aromatic N) is 4. The van der Waals surface area contributed by atoms with Crippen LogP contribution in [0.1, 0.15) is 22.8 Å². The Hall–Kier alpha value is -3.26. The second-order valence-electron chi connectivity index (χ2n) is 7.80. The van der Waals surface area contributed by atoms with Crippen molar-refractivity contribution in [1.29, 1.82) is 0 Å². The summed E-state index contributed by atoms with van der Waals surface area (Å²) in [5.41, 5.74) is 1.58. The molecule has 31 heavy (non-hydrogen) atoms. The summed E-state index contributed by atoms with van der Waals surface area (Å²) in [6.45, 7) is 5.65. The fraction of sp³-hybridized carbons (Fsp3) is 0.348. The zero-order valence-electron chi connectivity index (χ0n) is 17.8. The third-order valence-corrected chi connectivity index (χ3v) is 5.74. The molecule has 1 aliphatic heterocycles. The normalized spacial score (nSPS) is 14.7. The van der Waals surface area contributed by atoms with Gasteiger partial charge in [0.2, 0.25) is 0 Å². The van der Waals surface area contributed by atoms with E-state index in [0.717, 1.165) is 31.7 Å². The van der Waals surface area contributed by atoms with E-state index in [1.54, 1.807) is 24.5 Å². The number of carbonyl (C=O) groups is 1. The Labute approximate surface area is 180 Å². The maximum atomic E-state index is 15.0. The molecule has 162 valence electrons. The number of anilines is 1. The van der Waals surface area contributed by atoms with Gasteiger partial charge in [-0.05, 0) is 43.8 Å². The molecule has 2 aromatic heterocycles. The first kappa shape index (κ1) is 21.0. The SMILES string of the molecule is CCn1c(=O)c(C(=O)NCc2cccnc2)cc2cc(F)c(N3CCN(C)CC3)cc21. The molecule has 3 heterocycles. The van der Waals surface area contributed by atoms with Gasteiger partial charge in [-0.1, -0.05) is 6.07 Å². The summed E-state index contributed by atoms with van der Waals surface area (Å²) in [4.78, 5) is 34.0. The molecular formula is C23H26FN5O2. The van der Waals surface area contributed by atoms with Gasteiger partial charge in [-0.25, -0.2) is 4.39 Å². The number of halogens is 1. The van der Waals surface area contributed by atoms with E-state index in [4.69, 9.17) is 0 Å². The van der Waals surface area contributed by atoms with Crippen LogP contribution in [0.25, 0.3) is 10.9 Å². The first-order valence-corrected chi connectivity index (χ1v) is 10.5. The minimum absolute atomic E-state index is 0.00462. The Bertz CT molecular complexity index is 1150. The van der Waals surface area contributed by atoms with Crippen LogP contribution in [0.15, 0.2) is 47.5 Å². The van der Waals surface area contributed by atoms with Gasteiger partial charge in [-0.3, -0.25) is 14.6 Å². The second-order valence-corrected chi connectivity index (χ2v) is 7.80. The summed E-state index contributed by atoms with van der Waals surface area (Å²) >= 11 is 0. The highest BCUT2D eigenvalue weighted by molar-refractivity contribution is 5.97. The molecule has 1 fully saturated rings. The number of pyridine rings is 2. The van der Waals surface area contributed by atoms with Gasteiger partial charge in [-0.15, -0.1) is 0 Å². The van der Waals surface area contributed by atoms with E-state index in [9.17, 15) is 14.0 Å². The molecule has 0 unspecified atom stereocenters. The lowest BCUT2D eigenvalue weighted by atomic mass is 10.1. The van der Waals surface area contributed by atoms with Gasteiger partial charge in [0.25, 0.3) is 11.5 Å². The van der Waals surface area contributed by atoms with Crippen molar-refractivity contribution in [3.05, 3.63) is 70.0 Å². The topological polar surface area (TPSA) is 70.5 Å². The summed E-state index contributed by atoms with van der Waals surface area (Å²) in [5, 5.41) is 3.29. The average Bonchev–Trinajstić information content (AvgIpc) is 2.78. The number of amides is 1. The average molecular weight is 423 g/mol. The lowest BCUT2D eigenvalue weighted by Crippen LogP contribution is -2.44. The zero-order chi connectivity index (χ0) is 22.0. The van der Waals surface area contributed by atoms with E-state index in [1.807, 2.05) is 24.9 Å². The molecule has 0 radical (unpaired) electrons. The molecule has 1 amide bonds. The summed E-state index contributed by atoms with van der Waals surface area (Å²) in [6.07, 6.45) is 3.31. The number of carbonyl (C=O) groups excluding carboxylic acids is 1. The number of hydrogen-bond donors (Lipinski definition) is 1. The van der Waals surface area contributed by atoms with E-state index >= 15 is 0 Å². The highest BCUT2D eigenvalue weighted by Gasteiger charge is 2.21. The minimum Gasteiger partial charge on any atom is -0.367 e. The van der Waals surface area contributed by atoms with Crippen molar-refractivity contribution in [2.24, 2.45) is 0 Å². The van der Waals surface area contributed by atoms with Gasteiger partial charge in [-0.2, -0.15) is 0 Å². The molecule has 7 nitrogen and oxygen atoms in total. The molecule has 8 heteroatoms. The molecule has 1 N–H and O–H groups in total. The van der Waals surface area contributed by atoms with Crippen molar-refractivity contribution in [2.75, 3.05) is 38.1 Å². The zero-order valence-corrected chi connectivity index (χ0v) is 17.8. The molecule has 3 aromatic rings. The van der Waals surface area contributed by atoms with E-state index in [0.29, 0.717) is 23.1 Å². The second kappa shape index (κ2) is 8.85. The van der Waals surface area contributed by atoms with Crippen molar-refractivity contribution in [3.63, 3.8) is 0 Å². The number of hydrogen-bond acceptors (Lipinski definition) is 5. The number of rotatable bonds is 5. The van der Waals surface area contributed by atoms with E-state index in [-0.39, 0.29) is 23.5 Å². The fourth-order valence-corrected chi connectivity index (χ4v) is 3.93. The monoisotopic (exact) mass is 423 g/mol. The van der Waals surface area contributed by atoms with Gasteiger partial charge >= 0.3 is 0 Å². The van der Waals surface area contributed by atoms with Crippen LogP contribution in [-0.2, 0) is 13.1 Å². The Morgan fingerprint density at radius 2 is 1.97 bits per heavy atom. The Kier molecular flexibility index (Phi) is 5.99. The highest BCUT2D eigenvalue weighted by atomic mass is 19.1. The summed E-state index contributed by atoms with van der Waals surface area (Å²) in [5.74, 6) is -0.832. The van der Waals surface area contributed by atoms with Crippen LogP contribution in [0.3, 0.4) is 0 Å². The number of benzene rings is 1. The smallest absolute Gasteiger partial charge is 0.263 e. The number of nitrogens with one attached hydrogen (secondary N) is 1. The maximum Gasteiger partial charge on any atom is 0.263 e. The quantitative estimate of drug-likeness (QED) is 0.682. The largest absolute Gasteiger partial charge is 0.367 e. The predicted molar refractivity (Wildman–Crippen MR) is 119 cm³/mol. The van der Waals surface area contributed by atoms with Crippen LogP contribution in [0.2, 0.25) is 0 Å². The molecule has 4 rings (SSSR count). The van der Waals surface area contributed by atoms with Gasteiger partial charge in [0.05, 0.1) is 11.2 Å². The van der Waals surface area contributed by atoms with E-state index in [1.165, 1.54) is 16.7 Å². The van der Waals surface area contributed by atoms with Gasteiger partial charge in [0, 0.05) is 57.0 Å². The minimum atomic E-state index is -0.485. The third-order valence-electron chi connectivity index (χ3n) is 5.74. The molecule has 1 saturated heterocycles. The van der Waals surface area contributed by atoms with E-state index < -0.39 is 5.91 Å². The number of aromatic nitrogens is 2. The molecule has 0 bridgehead atoms. The Morgan fingerprint density at radius 3 is 2.65 bits per heavy atom. The van der Waals surface area contributed by atoms with Crippen molar-refractivity contribution < 1.29 is 9.18 Å². The van der Waals surface area contributed by atoms with Crippen molar-refractivity contribution in [3.8, 4) is 0 Å². The van der Waals surface area contributed by atoms with Crippen LogP contribution in [0, 0.1) is 5.82 Å². The van der Waals surface area contributed by atoms with E-state index in [2.05, 4.69) is 15.2 Å². The Morgan fingerprint density at radius 1 is 1.19 bits per heavy atom. The lowest BCUT2D eigenvalue weighted by molar-refractivity contribution is 0.0949. The van der Waals surface area contributed by atoms with Crippen molar-refractivity contribution in [1.82, 2.24) is 19.8 Å². The first-order chi connectivity index (χ1) is 15.0. The molecule has 1 aromatic carbocycles. The summed E-state index contributed by atoms with van der Waals surface area (Å²) < 4.78 is 16.5. The Balaban J connectivity index is 1.69. The fourth-order valence-electron chi connectivity index (χ4n) is 3.93. The van der Waals surface area contributed by atoms with Crippen LogP contribution in [0.5, 0.6) is 0 Å². The van der Waals surface area contributed by atoms with Crippen LogP contribution in [0.4, 0.5) is 10.1 Å². The lowest BCUT2D eigenvalue weighted by Gasteiger charge is -2.34. The summed E-state index contributed by atoms with van der Waals surface area (Å²) in [6, 6.07) is 8.26. The highest BCUT2D eigenvalue weighted by Crippen LogP contribution is 2.27. The molecule has 0 aliphatic carbocycles. The van der Waals surface area contributed by atoms with Crippen molar-refractivity contribution >= 4 is 22.5 Å². The molecule has 0 spiro atoms. The number of fused-ring (bicyclic) bond motifs is 1. The molecule has 0 atom stereocenters. The number of piperazine rings is 1. The van der Waals surface area contributed by atoms with Crippen LogP contribution >= 0.6 is 0 Å². The standard InChI is InChI=1S/C23H26FN5O2/c1-3-29-20-13-21(28-9-7-27(2)8-10-28)19(24)12-17(20)11-18(23(29)31)22(30)26-15-16-5-4-6-25-14-16/h4-6,11-14H,3,7-10,15H2,1-2H3,(H,26,30). The third kappa shape index (κ3) is 4.29. The van der Waals surface area contributed by atoms with Gasteiger partial charge in [0.1, 0.15) is 11.4 Å². The number of likely N-dealkylation sites (N-methyl/N-ethyl adjacent to an activating group) is 1. The van der Waals surface area contributed by atoms with Crippen LogP contribution < -0.4 is 15.8 Å². The summed E-state index contributed by atoms with van der Waals surface area (Å²) in [7, 11) is 2.05. The van der Waals surface area contributed by atoms with Crippen molar-refractivity contribution in [2.45, 2.75) is 20.0 Å². The van der Waals surface area contributed by atoms with Crippen LogP contribution in [-0.4, -0.2) is 53.6 Å². The molecule has 0 saturated carbocycles. The molecule has 1 aliphatic rings.